The van der Waals surface area contributed by atoms with Gasteiger partial charge in [0, 0.05) is 17.7 Å². The summed E-state index contributed by atoms with van der Waals surface area (Å²) in [6.45, 7) is 3.85. The molecule has 0 saturated carbocycles. The van der Waals surface area contributed by atoms with E-state index in [1.807, 2.05) is 13.8 Å². The molecule has 4 nitrogen and oxygen atoms in total. The molecule has 0 bridgehead atoms. The quantitative estimate of drug-likeness (QED) is 0.687. The smallest absolute Gasteiger partial charge is 0.339 e. The highest BCUT2D eigenvalue weighted by Crippen LogP contribution is 2.39. The predicted octanol–water partition coefficient (Wildman–Crippen LogP) is 1.68. The van der Waals surface area contributed by atoms with Gasteiger partial charge in [0.05, 0.1) is 0 Å². The minimum atomic E-state index is -1.00. The SMILES string of the molecule is CC1(C)Cc2cc(N)cc(C(=O)O)c2O1. The van der Waals surface area contributed by atoms with Gasteiger partial charge < -0.3 is 15.6 Å². The van der Waals surface area contributed by atoms with Gasteiger partial charge in [-0.25, -0.2) is 4.79 Å². The Morgan fingerprint density at radius 1 is 1.53 bits per heavy atom. The van der Waals surface area contributed by atoms with Crippen LogP contribution in [0, 0.1) is 0 Å². The summed E-state index contributed by atoms with van der Waals surface area (Å²) >= 11 is 0. The van der Waals surface area contributed by atoms with E-state index in [2.05, 4.69) is 0 Å². The lowest BCUT2D eigenvalue weighted by molar-refractivity contribution is 0.0685. The molecule has 0 aromatic heterocycles. The summed E-state index contributed by atoms with van der Waals surface area (Å²) in [7, 11) is 0. The molecule has 1 heterocycles. The third-order valence-corrected chi connectivity index (χ3v) is 2.41. The van der Waals surface area contributed by atoms with E-state index in [1.165, 1.54) is 6.07 Å². The average molecular weight is 207 g/mol. The van der Waals surface area contributed by atoms with Gasteiger partial charge in [-0.15, -0.1) is 0 Å². The Bertz CT molecular complexity index is 438. The zero-order chi connectivity index (χ0) is 11.2. The van der Waals surface area contributed by atoms with Crippen LogP contribution >= 0.6 is 0 Å². The summed E-state index contributed by atoms with van der Waals surface area (Å²) in [6.07, 6.45) is 0.688. The molecule has 3 N–H and O–H groups in total. The molecule has 0 aliphatic carbocycles. The first-order valence-corrected chi connectivity index (χ1v) is 4.74. The maximum Gasteiger partial charge on any atom is 0.339 e. The topological polar surface area (TPSA) is 72.6 Å². The zero-order valence-corrected chi connectivity index (χ0v) is 8.70. The van der Waals surface area contributed by atoms with Gasteiger partial charge in [-0.1, -0.05) is 0 Å². The monoisotopic (exact) mass is 207 g/mol. The van der Waals surface area contributed by atoms with Gasteiger partial charge in [-0.2, -0.15) is 0 Å². The van der Waals surface area contributed by atoms with Gasteiger partial charge in [0.25, 0.3) is 0 Å². The predicted molar refractivity (Wildman–Crippen MR) is 56.2 cm³/mol. The van der Waals surface area contributed by atoms with Crippen molar-refractivity contribution in [2.45, 2.75) is 25.9 Å². The van der Waals surface area contributed by atoms with Crippen LogP contribution in [0.15, 0.2) is 12.1 Å². The van der Waals surface area contributed by atoms with Gasteiger partial charge in [0.15, 0.2) is 0 Å². The molecule has 1 aromatic rings. The maximum atomic E-state index is 11.0. The summed E-state index contributed by atoms with van der Waals surface area (Å²) in [4.78, 5) is 11.0. The van der Waals surface area contributed by atoms with Gasteiger partial charge in [-0.05, 0) is 26.0 Å². The molecule has 80 valence electrons. The summed E-state index contributed by atoms with van der Waals surface area (Å²) in [5, 5.41) is 9.01. The molecule has 0 radical (unpaired) electrons. The van der Waals surface area contributed by atoms with E-state index in [0.717, 1.165) is 5.56 Å². The number of rotatable bonds is 1. The van der Waals surface area contributed by atoms with Crippen LogP contribution in [-0.2, 0) is 6.42 Å². The number of ether oxygens (including phenoxy) is 1. The number of hydrogen-bond donors (Lipinski definition) is 2. The number of aromatic carboxylic acids is 1. The molecule has 15 heavy (non-hydrogen) atoms. The van der Waals surface area contributed by atoms with Crippen molar-refractivity contribution in [1.29, 1.82) is 0 Å². The van der Waals surface area contributed by atoms with Crippen LogP contribution in [0.2, 0.25) is 0 Å². The fourth-order valence-electron chi connectivity index (χ4n) is 1.90. The number of nitrogens with two attached hydrogens (primary N) is 1. The summed E-state index contributed by atoms with van der Waals surface area (Å²) in [5.41, 5.74) is 6.78. The number of carbonyl (C=O) groups is 1. The maximum absolute atomic E-state index is 11.0. The Kier molecular flexibility index (Phi) is 1.89. The minimum absolute atomic E-state index is 0.149. The summed E-state index contributed by atoms with van der Waals surface area (Å²) < 4.78 is 5.61. The van der Waals surface area contributed by atoms with Crippen LogP contribution < -0.4 is 10.5 Å². The van der Waals surface area contributed by atoms with Crippen LogP contribution in [0.3, 0.4) is 0 Å². The fraction of sp³-hybridized carbons (Fsp3) is 0.364. The number of benzene rings is 1. The van der Waals surface area contributed by atoms with Crippen molar-refractivity contribution in [1.82, 2.24) is 0 Å². The third kappa shape index (κ3) is 1.63. The highest BCUT2D eigenvalue weighted by molar-refractivity contribution is 5.93. The number of hydrogen-bond acceptors (Lipinski definition) is 3. The molecule has 0 amide bonds. The Morgan fingerprint density at radius 3 is 2.80 bits per heavy atom. The Morgan fingerprint density at radius 2 is 2.20 bits per heavy atom. The van der Waals surface area contributed by atoms with Crippen molar-refractivity contribution in [3.63, 3.8) is 0 Å². The highest BCUT2D eigenvalue weighted by atomic mass is 16.5. The lowest BCUT2D eigenvalue weighted by Gasteiger charge is -2.17. The number of fused-ring (bicyclic) bond motifs is 1. The summed E-state index contributed by atoms with van der Waals surface area (Å²) in [5.74, 6) is -0.544. The number of nitrogen functional groups attached to an aromatic ring is 1. The second kappa shape index (κ2) is 2.89. The van der Waals surface area contributed by atoms with E-state index < -0.39 is 5.97 Å². The zero-order valence-electron chi connectivity index (χ0n) is 8.70. The minimum Gasteiger partial charge on any atom is -0.486 e. The van der Waals surface area contributed by atoms with E-state index in [4.69, 9.17) is 15.6 Å². The van der Waals surface area contributed by atoms with E-state index in [9.17, 15) is 4.79 Å². The first-order chi connectivity index (χ1) is 6.89. The van der Waals surface area contributed by atoms with Crippen LogP contribution in [0.5, 0.6) is 5.75 Å². The Balaban J connectivity index is 2.58. The average Bonchev–Trinajstić information content (AvgIpc) is 2.36. The molecule has 1 aromatic carbocycles. The standard InChI is InChI=1S/C11H13NO3/c1-11(2)5-6-3-7(12)4-8(10(13)14)9(6)15-11/h3-4H,5,12H2,1-2H3,(H,13,14). The molecule has 0 spiro atoms. The third-order valence-electron chi connectivity index (χ3n) is 2.41. The van der Waals surface area contributed by atoms with Gasteiger partial charge in [0.2, 0.25) is 0 Å². The molecule has 2 rings (SSSR count). The highest BCUT2D eigenvalue weighted by Gasteiger charge is 2.33. The van der Waals surface area contributed by atoms with Crippen molar-refractivity contribution < 1.29 is 14.6 Å². The second-order valence-electron chi connectivity index (χ2n) is 4.40. The van der Waals surface area contributed by atoms with E-state index >= 15 is 0 Å². The van der Waals surface area contributed by atoms with Crippen molar-refractivity contribution in [2.24, 2.45) is 0 Å². The van der Waals surface area contributed by atoms with Crippen molar-refractivity contribution >= 4 is 11.7 Å². The molecule has 0 unspecified atom stereocenters. The first-order valence-electron chi connectivity index (χ1n) is 4.74. The normalized spacial score (nSPS) is 16.9. The Hall–Kier alpha value is -1.71. The van der Waals surface area contributed by atoms with E-state index in [1.54, 1.807) is 6.07 Å². The molecule has 0 atom stereocenters. The van der Waals surface area contributed by atoms with E-state index in [-0.39, 0.29) is 11.2 Å². The van der Waals surface area contributed by atoms with Gasteiger partial charge in [-0.3, -0.25) is 0 Å². The van der Waals surface area contributed by atoms with E-state index in [0.29, 0.717) is 17.9 Å². The molecule has 0 fully saturated rings. The molecular weight excluding hydrogens is 194 g/mol. The number of anilines is 1. The summed E-state index contributed by atoms with van der Waals surface area (Å²) in [6, 6.07) is 3.21. The first kappa shape index (κ1) is 9.83. The number of carboxylic acid groups (broad SMARTS) is 1. The van der Waals surface area contributed by atoms with Crippen molar-refractivity contribution in [3.8, 4) is 5.75 Å². The Labute approximate surface area is 87.7 Å². The second-order valence-corrected chi connectivity index (χ2v) is 4.40. The lowest BCUT2D eigenvalue weighted by atomic mass is 10.00. The van der Waals surface area contributed by atoms with Crippen molar-refractivity contribution in [3.05, 3.63) is 23.3 Å². The molecule has 4 heteroatoms. The largest absolute Gasteiger partial charge is 0.486 e. The lowest BCUT2D eigenvalue weighted by Crippen LogP contribution is -2.25. The number of carboxylic acids is 1. The van der Waals surface area contributed by atoms with Crippen LogP contribution in [0.25, 0.3) is 0 Å². The molecular formula is C11H13NO3. The van der Waals surface area contributed by atoms with Gasteiger partial charge >= 0.3 is 5.97 Å². The fourth-order valence-corrected chi connectivity index (χ4v) is 1.90. The van der Waals surface area contributed by atoms with Crippen molar-refractivity contribution in [2.75, 3.05) is 5.73 Å². The van der Waals surface area contributed by atoms with Crippen LogP contribution in [0.1, 0.15) is 29.8 Å². The van der Waals surface area contributed by atoms with Gasteiger partial charge in [0.1, 0.15) is 16.9 Å². The van der Waals surface area contributed by atoms with Crippen LogP contribution in [-0.4, -0.2) is 16.7 Å². The van der Waals surface area contributed by atoms with Crippen LogP contribution in [0.4, 0.5) is 5.69 Å². The molecule has 1 aliphatic heterocycles. The molecule has 1 aliphatic rings. The molecule has 0 saturated heterocycles.